The van der Waals surface area contributed by atoms with Crippen LogP contribution in [0.25, 0.3) is 0 Å². The summed E-state index contributed by atoms with van der Waals surface area (Å²) in [6.45, 7) is 2.39. The zero-order chi connectivity index (χ0) is 18.6. The third kappa shape index (κ3) is 3.59. The molecule has 2 fully saturated rings. The van der Waals surface area contributed by atoms with Crippen molar-refractivity contribution in [2.45, 2.75) is 43.8 Å². The normalized spacial score (nSPS) is 22.8. The maximum absolute atomic E-state index is 13.2. The lowest BCUT2D eigenvalue weighted by atomic mass is 9.86. The Labute approximate surface area is 154 Å². The monoisotopic (exact) mass is 360 g/mol. The molecule has 3 rings (SSSR count). The molecule has 26 heavy (non-hydrogen) atoms. The summed E-state index contributed by atoms with van der Waals surface area (Å²) in [6, 6.07) is 3.58. The van der Waals surface area contributed by atoms with Crippen molar-refractivity contribution in [3.05, 3.63) is 30.1 Å². The molecule has 1 atom stereocenters. The van der Waals surface area contributed by atoms with Crippen molar-refractivity contribution in [3.8, 4) is 0 Å². The van der Waals surface area contributed by atoms with E-state index < -0.39 is 5.54 Å². The molecule has 0 aromatic carbocycles. The summed E-state index contributed by atoms with van der Waals surface area (Å²) in [5.41, 5.74) is 0.360. The molecule has 2 saturated heterocycles. The maximum atomic E-state index is 13.2. The second kappa shape index (κ2) is 8.14. The highest BCUT2D eigenvalue weighted by Gasteiger charge is 2.50. The lowest BCUT2D eigenvalue weighted by molar-refractivity contribution is -0.148. The van der Waals surface area contributed by atoms with Crippen molar-refractivity contribution in [1.29, 1.82) is 0 Å². The van der Waals surface area contributed by atoms with E-state index in [9.17, 15) is 9.59 Å². The largest absolute Gasteiger partial charge is 0.381 e. The number of pyridine rings is 1. The van der Waals surface area contributed by atoms with Crippen LogP contribution in [0.4, 0.5) is 0 Å². The van der Waals surface area contributed by atoms with Gasteiger partial charge in [0.1, 0.15) is 5.54 Å². The summed E-state index contributed by atoms with van der Waals surface area (Å²) < 4.78 is 5.49. The summed E-state index contributed by atoms with van der Waals surface area (Å²) in [6.07, 6.45) is 6.47. The molecule has 0 aliphatic carbocycles. The molecule has 2 aliphatic rings. The molecule has 2 amide bonds. The first-order valence-corrected chi connectivity index (χ1v) is 9.29. The number of amides is 2. The Morgan fingerprint density at radius 1 is 1.42 bits per heavy atom. The van der Waals surface area contributed by atoms with Gasteiger partial charge >= 0.3 is 0 Å². The summed E-state index contributed by atoms with van der Waals surface area (Å²) in [5, 5.41) is 2.81. The maximum Gasteiger partial charge on any atom is 0.240 e. The van der Waals surface area contributed by atoms with Gasteiger partial charge in [-0.3, -0.25) is 19.5 Å². The van der Waals surface area contributed by atoms with Gasteiger partial charge in [-0.15, -0.1) is 0 Å². The molecule has 7 nitrogen and oxygen atoms in total. The summed E-state index contributed by atoms with van der Waals surface area (Å²) in [4.78, 5) is 33.9. The number of likely N-dealkylation sites (tertiary alicyclic amines) is 1. The number of hydrogen-bond acceptors (Lipinski definition) is 5. The molecule has 2 aliphatic heterocycles. The lowest BCUT2D eigenvalue weighted by Gasteiger charge is -2.45. The van der Waals surface area contributed by atoms with E-state index in [1.165, 1.54) is 0 Å². The third-order valence-electron chi connectivity index (χ3n) is 5.58. The zero-order valence-electron chi connectivity index (χ0n) is 15.6. The average molecular weight is 360 g/mol. The molecule has 1 N–H and O–H groups in total. The van der Waals surface area contributed by atoms with Crippen molar-refractivity contribution in [1.82, 2.24) is 20.1 Å². The van der Waals surface area contributed by atoms with Crippen molar-refractivity contribution in [2.75, 3.05) is 33.9 Å². The fourth-order valence-corrected chi connectivity index (χ4v) is 4.22. The molecule has 0 radical (unpaired) electrons. The van der Waals surface area contributed by atoms with Crippen LogP contribution in [0.2, 0.25) is 0 Å². The van der Waals surface area contributed by atoms with Gasteiger partial charge in [0.05, 0.1) is 6.04 Å². The van der Waals surface area contributed by atoms with Gasteiger partial charge in [-0.25, -0.2) is 0 Å². The number of carbonyl (C=O) groups is 2. The average Bonchev–Trinajstić information content (AvgIpc) is 3.18. The summed E-state index contributed by atoms with van der Waals surface area (Å²) in [5.74, 6) is 0.0662. The SMILES string of the molecule is CNC(=O)C1(N2CCC[C@H]2C(=O)N(C)Cc2cccnc2)CCOCC1. The van der Waals surface area contributed by atoms with Crippen LogP contribution in [0, 0.1) is 0 Å². The fourth-order valence-electron chi connectivity index (χ4n) is 4.22. The molecule has 142 valence electrons. The number of carbonyl (C=O) groups excluding carboxylic acids is 2. The van der Waals surface area contributed by atoms with Crippen LogP contribution in [0.3, 0.4) is 0 Å². The molecule has 0 saturated carbocycles. The van der Waals surface area contributed by atoms with E-state index in [2.05, 4.69) is 15.2 Å². The highest BCUT2D eigenvalue weighted by atomic mass is 16.5. The van der Waals surface area contributed by atoms with Crippen LogP contribution in [0.15, 0.2) is 24.5 Å². The second-order valence-electron chi connectivity index (χ2n) is 7.13. The molecule has 7 heteroatoms. The Balaban J connectivity index is 1.77. The molecule has 0 spiro atoms. The molecule has 1 aromatic heterocycles. The van der Waals surface area contributed by atoms with E-state index in [4.69, 9.17) is 4.74 Å². The van der Waals surface area contributed by atoms with Crippen molar-refractivity contribution in [3.63, 3.8) is 0 Å². The minimum atomic E-state index is -0.640. The van der Waals surface area contributed by atoms with Crippen LogP contribution in [-0.2, 0) is 20.9 Å². The molecular formula is C19H28N4O3. The number of nitrogens with one attached hydrogen (secondary N) is 1. The third-order valence-corrected chi connectivity index (χ3v) is 5.58. The molecular weight excluding hydrogens is 332 g/mol. The molecule has 1 aromatic rings. The minimum absolute atomic E-state index is 0.00425. The Morgan fingerprint density at radius 2 is 2.19 bits per heavy atom. The van der Waals surface area contributed by atoms with E-state index in [1.54, 1.807) is 24.3 Å². The minimum Gasteiger partial charge on any atom is -0.381 e. The van der Waals surface area contributed by atoms with Gasteiger partial charge in [-0.05, 0) is 37.3 Å². The van der Waals surface area contributed by atoms with E-state index in [0.717, 1.165) is 24.9 Å². The van der Waals surface area contributed by atoms with Gasteiger partial charge in [-0.1, -0.05) is 6.07 Å². The number of ether oxygens (including phenoxy) is 1. The number of hydrogen-bond donors (Lipinski definition) is 1. The van der Waals surface area contributed by atoms with Crippen LogP contribution in [-0.4, -0.2) is 72.0 Å². The molecule has 0 unspecified atom stereocenters. The topological polar surface area (TPSA) is 74.8 Å². The van der Waals surface area contributed by atoms with Crippen molar-refractivity contribution in [2.24, 2.45) is 0 Å². The molecule has 0 bridgehead atoms. The number of rotatable bonds is 5. The summed E-state index contributed by atoms with van der Waals surface area (Å²) in [7, 11) is 3.49. The van der Waals surface area contributed by atoms with E-state index in [1.807, 2.05) is 19.2 Å². The highest BCUT2D eigenvalue weighted by Crippen LogP contribution is 2.35. The number of aromatic nitrogens is 1. The smallest absolute Gasteiger partial charge is 0.240 e. The highest BCUT2D eigenvalue weighted by molar-refractivity contribution is 5.88. The van der Waals surface area contributed by atoms with Gasteiger partial charge in [-0.2, -0.15) is 0 Å². The van der Waals surface area contributed by atoms with E-state index in [-0.39, 0.29) is 17.9 Å². The first kappa shape index (κ1) is 18.8. The Morgan fingerprint density at radius 3 is 2.85 bits per heavy atom. The summed E-state index contributed by atoms with van der Waals surface area (Å²) >= 11 is 0. The predicted octanol–water partition coefficient (Wildman–Crippen LogP) is 0.800. The van der Waals surface area contributed by atoms with Crippen LogP contribution in [0.1, 0.15) is 31.2 Å². The fraction of sp³-hybridized carbons (Fsp3) is 0.632. The number of likely N-dealkylation sites (N-methyl/N-ethyl adjacent to an activating group) is 2. The van der Waals surface area contributed by atoms with Crippen LogP contribution < -0.4 is 5.32 Å². The Kier molecular flexibility index (Phi) is 5.88. The van der Waals surface area contributed by atoms with E-state index in [0.29, 0.717) is 32.6 Å². The predicted molar refractivity (Wildman–Crippen MR) is 97.3 cm³/mol. The Hall–Kier alpha value is -1.99. The quantitative estimate of drug-likeness (QED) is 0.841. The van der Waals surface area contributed by atoms with Crippen molar-refractivity contribution >= 4 is 11.8 Å². The van der Waals surface area contributed by atoms with Gasteiger partial charge in [0.2, 0.25) is 11.8 Å². The van der Waals surface area contributed by atoms with E-state index >= 15 is 0 Å². The first-order chi connectivity index (χ1) is 12.6. The zero-order valence-corrected chi connectivity index (χ0v) is 15.6. The van der Waals surface area contributed by atoms with Gasteiger partial charge in [0.25, 0.3) is 0 Å². The Bertz CT molecular complexity index is 631. The second-order valence-corrected chi connectivity index (χ2v) is 7.13. The number of nitrogens with zero attached hydrogens (tertiary/aromatic N) is 3. The van der Waals surface area contributed by atoms with Gasteiger partial charge in [0.15, 0.2) is 0 Å². The molecule has 3 heterocycles. The lowest BCUT2D eigenvalue weighted by Crippen LogP contribution is -2.64. The van der Waals surface area contributed by atoms with Gasteiger partial charge < -0.3 is 15.0 Å². The van der Waals surface area contributed by atoms with Crippen molar-refractivity contribution < 1.29 is 14.3 Å². The standard InChI is InChI=1S/C19H28N4O3/c1-20-18(25)19(7-11-26-12-8-19)23-10-4-6-16(23)17(24)22(2)14-15-5-3-9-21-13-15/h3,5,9,13,16H,4,6-8,10-12,14H2,1-2H3,(H,20,25)/t16-/m0/s1. The van der Waals surface area contributed by atoms with Crippen LogP contribution >= 0.6 is 0 Å². The van der Waals surface area contributed by atoms with Crippen LogP contribution in [0.5, 0.6) is 0 Å². The first-order valence-electron chi connectivity index (χ1n) is 9.29. The van der Waals surface area contributed by atoms with Gasteiger partial charge in [0, 0.05) is 52.8 Å².